The fourth-order valence-corrected chi connectivity index (χ4v) is 5.02. The van der Waals surface area contributed by atoms with E-state index >= 15 is 0 Å². The SMILES string of the molecule is COc1cccc(-c2nn(-c3ccc(C)cc3)cc2C(=O)NCCS(=O)(=O)N2CCOCC2)c1. The molecule has 1 N–H and O–H groups in total. The predicted octanol–water partition coefficient (Wildman–Crippen LogP) is 2.25. The first kappa shape index (κ1) is 23.9. The van der Waals surface area contributed by atoms with Gasteiger partial charge in [0.05, 0.1) is 37.3 Å². The van der Waals surface area contributed by atoms with E-state index in [1.54, 1.807) is 18.0 Å². The van der Waals surface area contributed by atoms with Gasteiger partial charge < -0.3 is 14.8 Å². The second kappa shape index (κ2) is 10.4. The number of nitrogens with one attached hydrogen (secondary N) is 1. The molecule has 1 aliphatic rings. The zero-order valence-electron chi connectivity index (χ0n) is 19.2. The number of methoxy groups -OCH3 is 1. The average molecular weight is 485 g/mol. The summed E-state index contributed by atoms with van der Waals surface area (Å²) in [7, 11) is -1.90. The highest BCUT2D eigenvalue weighted by atomic mass is 32.2. The van der Waals surface area contributed by atoms with Crippen LogP contribution < -0.4 is 10.1 Å². The lowest BCUT2D eigenvalue weighted by atomic mass is 10.1. The number of ether oxygens (including phenoxy) is 2. The molecule has 2 aromatic carbocycles. The number of carbonyl (C=O) groups is 1. The fourth-order valence-electron chi connectivity index (χ4n) is 3.70. The third kappa shape index (κ3) is 5.46. The van der Waals surface area contributed by atoms with Crippen LogP contribution in [0.1, 0.15) is 15.9 Å². The number of aryl methyl sites for hydroxylation is 1. The molecule has 0 atom stereocenters. The van der Waals surface area contributed by atoms with Crippen molar-refractivity contribution < 1.29 is 22.7 Å². The Labute approximate surface area is 199 Å². The highest BCUT2D eigenvalue weighted by molar-refractivity contribution is 7.89. The van der Waals surface area contributed by atoms with Crippen LogP contribution in [0.5, 0.6) is 5.75 Å². The molecule has 1 aliphatic heterocycles. The van der Waals surface area contributed by atoms with Crippen LogP contribution in [-0.2, 0) is 14.8 Å². The Morgan fingerprint density at radius 3 is 2.59 bits per heavy atom. The maximum Gasteiger partial charge on any atom is 0.255 e. The summed E-state index contributed by atoms with van der Waals surface area (Å²) in [6, 6.07) is 15.1. The first-order valence-corrected chi connectivity index (χ1v) is 12.6. The lowest BCUT2D eigenvalue weighted by Crippen LogP contribution is -2.43. The Morgan fingerprint density at radius 2 is 1.88 bits per heavy atom. The highest BCUT2D eigenvalue weighted by Gasteiger charge is 2.25. The van der Waals surface area contributed by atoms with Gasteiger partial charge in [-0.3, -0.25) is 4.79 Å². The third-order valence-corrected chi connectivity index (χ3v) is 7.48. The molecule has 2 heterocycles. The van der Waals surface area contributed by atoms with Gasteiger partial charge in [-0.1, -0.05) is 29.8 Å². The summed E-state index contributed by atoms with van der Waals surface area (Å²) in [5.74, 6) is 0.0676. The van der Waals surface area contributed by atoms with Gasteiger partial charge in [0, 0.05) is 31.4 Å². The average Bonchev–Trinajstić information content (AvgIpc) is 3.31. The van der Waals surface area contributed by atoms with Crippen LogP contribution in [0.25, 0.3) is 16.9 Å². The Hall–Kier alpha value is -3.21. The molecule has 10 heteroatoms. The number of benzene rings is 2. The van der Waals surface area contributed by atoms with Gasteiger partial charge in [0.25, 0.3) is 5.91 Å². The van der Waals surface area contributed by atoms with Crippen LogP contribution in [0.2, 0.25) is 0 Å². The number of carbonyl (C=O) groups excluding carboxylic acids is 1. The van der Waals surface area contributed by atoms with E-state index in [4.69, 9.17) is 9.47 Å². The minimum atomic E-state index is -3.47. The molecule has 1 aromatic heterocycles. The van der Waals surface area contributed by atoms with Crippen LogP contribution in [0.3, 0.4) is 0 Å². The molecule has 180 valence electrons. The number of morpholine rings is 1. The Bertz CT molecular complexity index is 1250. The zero-order valence-corrected chi connectivity index (χ0v) is 20.0. The van der Waals surface area contributed by atoms with E-state index < -0.39 is 15.9 Å². The Balaban J connectivity index is 1.57. The van der Waals surface area contributed by atoms with Crippen LogP contribution in [-0.4, -0.2) is 74.1 Å². The van der Waals surface area contributed by atoms with Gasteiger partial charge in [-0.2, -0.15) is 9.40 Å². The summed E-state index contributed by atoms with van der Waals surface area (Å²) >= 11 is 0. The molecule has 1 amide bonds. The summed E-state index contributed by atoms with van der Waals surface area (Å²) in [4.78, 5) is 13.1. The number of rotatable bonds is 8. The number of amides is 1. The molecule has 9 nitrogen and oxygen atoms in total. The van der Waals surface area contributed by atoms with Crippen LogP contribution in [0.15, 0.2) is 54.7 Å². The first-order chi connectivity index (χ1) is 16.4. The van der Waals surface area contributed by atoms with Crippen molar-refractivity contribution in [3.63, 3.8) is 0 Å². The number of nitrogens with zero attached hydrogens (tertiary/aromatic N) is 3. The van der Waals surface area contributed by atoms with E-state index in [2.05, 4.69) is 10.4 Å². The van der Waals surface area contributed by atoms with Crippen molar-refractivity contribution in [2.45, 2.75) is 6.92 Å². The molecule has 1 fully saturated rings. The van der Waals surface area contributed by atoms with Crippen molar-refractivity contribution in [3.8, 4) is 22.7 Å². The lowest BCUT2D eigenvalue weighted by Gasteiger charge is -2.26. The molecular weight excluding hydrogens is 456 g/mol. The summed E-state index contributed by atoms with van der Waals surface area (Å²) in [5.41, 5.74) is 3.47. The minimum absolute atomic E-state index is 0.00815. The predicted molar refractivity (Wildman–Crippen MR) is 129 cm³/mol. The van der Waals surface area contributed by atoms with E-state index in [0.29, 0.717) is 43.3 Å². The smallest absolute Gasteiger partial charge is 0.255 e. The van der Waals surface area contributed by atoms with Crippen LogP contribution in [0.4, 0.5) is 0 Å². The van der Waals surface area contributed by atoms with Crippen molar-refractivity contribution >= 4 is 15.9 Å². The number of aromatic nitrogens is 2. The van der Waals surface area contributed by atoms with Crippen LogP contribution in [0, 0.1) is 6.92 Å². The number of hydrogen-bond donors (Lipinski definition) is 1. The van der Waals surface area contributed by atoms with Crippen LogP contribution >= 0.6 is 0 Å². The molecule has 3 aromatic rings. The van der Waals surface area contributed by atoms with Crippen molar-refractivity contribution in [3.05, 3.63) is 65.9 Å². The maximum atomic E-state index is 13.1. The second-order valence-electron chi connectivity index (χ2n) is 7.99. The summed E-state index contributed by atoms with van der Waals surface area (Å²) in [6.07, 6.45) is 1.66. The Kier molecular flexibility index (Phi) is 7.30. The van der Waals surface area contributed by atoms with Crippen molar-refractivity contribution in [2.24, 2.45) is 0 Å². The largest absolute Gasteiger partial charge is 0.497 e. The normalized spacial score (nSPS) is 14.6. The fraction of sp³-hybridized carbons (Fsp3) is 0.333. The Morgan fingerprint density at radius 1 is 1.15 bits per heavy atom. The zero-order chi connectivity index (χ0) is 24.1. The van der Waals surface area contributed by atoms with E-state index in [-0.39, 0.29) is 12.3 Å². The summed E-state index contributed by atoms with van der Waals surface area (Å²) in [6.45, 7) is 3.42. The minimum Gasteiger partial charge on any atom is -0.497 e. The molecule has 34 heavy (non-hydrogen) atoms. The molecule has 0 bridgehead atoms. The first-order valence-electron chi connectivity index (χ1n) is 11.0. The monoisotopic (exact) mass is 484 g/mol. The van der Waals surface area contributed by atoms with Gasteiger partial charge >= 0.3 is 0 Å². The van der Waals surface area contributed by atoms with E-state index in [1.807, 2.05) is 55.5 Å². The molecule has 0 unspecified atom stereocenters. The van der Waals surface area contributed by atoms with E-state index in [9.17, 15) is 13.2 Å². The van der Waals surface area contributed by atoms with E-state index in [0.717, 1.165) is 16.8 Å². The molecule has 1 saturated heterocycles. The van der Waals surface area contributed by atoms with Gasteiger partial charge in [-0.25, -0.2) is 13.1 Å². The van der Waals surface area contributed by atoms with Gasteiger partial charge in [-0.15, -0.1) is 0 Å². The molecule has 4 rings (SSSR count). The van der Waals surface area contributed by atoms with Gasteiger partial charge in [0.2, 0.25) is 10.0 Å². The molecule has 0 spiro atoms. The van der Waals surface area contributed by atoms with Crippen molar-refractivity contribution in [1.82, 2.24) is 19.4 Å². The summed E-state index contributed by atoms with van der Waals surface area (Å²) < 4.78 is 38.7. The molecule has 0 aliphatic carbocycles. The van der Waals surface area contributed by atoms with Gasteiger partial charge in [0.15, 0.2) is 0 Å². The number of hydrogen-bond acceptors (Lipinski definition) is 6. The van der Waals surface area contributed by atoms with Gasteiger partial charge in [-0.05, 0) is 31.2 Å². The third-order valence-electron chi connectivity index (χ3n) is 5.61. The topological polar surface area (TPSA) is 103 Å². The number of sulfonamides is 1. The highest BCUT2D eigenvalue weighted by Crippen LogP contribution is 2.27. The summed E-state index contributed by atoms with van der Waals surface area (Å²) in [5, 5.41) is 7.41. The molecular formula is C24H28N4O5S. The van der Waals surface area contributed by atoms with E-state index in [1.165, 1.54) is 4.31 Å². The molecule has 0 radical (unpaired) electrons. The second-order valence-corrected chi connectivity index (χ2v) is 10.1. The van der Waals surface area contributed by atoms with Crippen molar-refractivity contribution in [1.29, 1.82) is 0 Å². The standard InChI is InChI=1S/C24H28N4O5S/c1-18-6-8-20(9-7-18)28-17-22(23(26-28)19-4-3-5-21(16-19)32-2)24(29)25-10-15-34(30,31)27-11-13-33-14-12-27/h3-9,16-17H,10-15H2,1-2H3,(H,25,29). The maximum absolute atomic E-state index is 13.1. The quantitative estimate of drug-likeness (QED) is 0.526. The molecule has 0 saturated carbocycles. The van der Waals surface area contributed by atoms with Gasteiger partial charge in [0.1, 0.15) is 11.4 Å². The van der Waals surface area contributed by atoms with Crippen molar-refractivity contribution in [2.75, 3.05) is 45.7 Å². The lowest BCUT2D eigenvalue weighted by molar-refractivity contribution is 0.0730.